The zero-order valence-corrected chi connectivity index (χ0v) is 15.5. The molecular formula is C16H26IN3O2. The lowest BCUT2D eigenvalue weighted by Crippen LogP contribution is -2.46. The van der Waals surface area contributed by atoms with Crippen LogP contribution in [-0.2, 0) is 11.3 Å². The van der Waals surface area contributed by atoms with Gasteiger partial charge in [0.05, 0.1) is 18.6 Å². The van der Waals surface area contributed by atoms with Gasteiger partial charge in [0.25, 0.3) is 0 Å². The summed E-state index contributed by atoms with van der Waals surface area (Å²) in [6, 6.07) is 1.97. The summed E-state index contributed by atoms with van der Waals surface area (Å²) in [4.78, 5) is 6.70. The lowest BCUT2D eigenvalue weighted by Gasteiger charge is -2.34. The molecular weight excluding hydrogens is 393 g/mol. The van der Waals surface area contributed by atoms with Gasteiger partial charge in [0.1, 0.15) is 0 Å². The molecule has 5 nitrogen and oxygen atoms in total. The van der Waals surface area contributed by atoms with Gasteiger partial charge < -0.3 is 19.4 Å². The predicted molar refractivity (Wildman–Crippen MR) is 97.6 cm³/mol. The van der Waals surface area contributed by atoms with Crippen molar-refractivity contribution >= 4 is 29.9 Å². The summed E-state index contributed by atoms with van der Waals surface area (Å²) >= 11 is 0. The standard InChI is InChI=1S/C16H25N3O2.HI/c1-17-16(18-10-14-6-9-20-11-14)19-7-4-15(5-8-19)21-12-13-2-3-13;/h6,9,11,13,15H,2-5,7-8,10,12H2,1H3,(H,17,18);1H. The number of hydrogen-bond donors (Lipinski definition) is 1. The molecule has 2 fully saturated rings. The molecule has 0 bridgehead atoms. The SMILES string of the molecule is CN=C(NCc1ccoc1)N1CCC(OCC2CC2)CC1.I. The van der Waals surface area contributed by atoms with Crippen LogP contribution in [-0.4, -0.2) is 43.7 Å². The number of hydrogen-bond acceptors (Lipinski definition) is 3. The van der Waals surface area contributed by atoms with Crippen LogP contribution in [0.2, 0.25) is 0 Å². The Morgan fingerprint density at radius 1 is 1.36 bits per heavy atom. The number of aliphatic imine (C=N–C) groups is 1. The molecule has 1 N–H and O–H groups in total. The van der Waals surface area contributed by atoms with Crippen molar-refractivity contribution in [1.82, 2.24) is 10.2 Å². The minimum atomic E-state index is 0. The maximum Gasteiger partial charge on any atom is 0.193 e. The number of likely N-dealkylation sites (tertiary alicyclic amines) is 1. The summed E-state index contributed by atoms with van der Waals surface area (Å²) in [5.41, 5.74) is 1.14. The van der Waals surface area contributed by atoms with Crippen molar-refractivity contribution in [3.63, 3.8) is 0 Å². The summed E-state index contributed by atoms with van der Waals surface area (Å²) in [7, 11) is 1.84. The van der Waals surface area contributed by atoms with E-state index in [0.29, 0.717) is 6.10 Å². The van der Waals surface area contributed by atoms with Crippen LogP contribution >= 0.6 is 24.0 Å². The highest BCUT2D eigenvalue weighted by Gasteiger charge is 2.26. The Kier molecular flexibility index (Phi) is 7.01. The van der Waals surface area contributed by atoms with E-state index in [2.05, 4.69) is 15.2 Å². The van der Waals surface area contributed by atoms with E-state index in [4.69, 9.17) is 9.15 Å². The highest BCUT2D eigenvalue weighted by molar-refractivity contribution is 14.0. The lowest BCUT2D eigenvalue weighted by atomic mass is 10.1. The van der Waals surface area contributed by atoms with Gasteiger partial charge in [-0.15, -0.1) is 24.0 Å². The van der Waals surface area contributed by atoms with Crippen molar-refractivity contribution in [2.45, 2.75) is 38.3 Å². The first kappa shape index (κ1) is 17.6. The number of piperidine rings is 1. The van der Waals surface area contributed by atoms with Crippen LogP contribution in [0, 0.1) is 5.92 Å². The fourth-order valence-corrected chi connectivity index (χ4v) is 2.70. The average molecular weight is 419 g/mol. The van der Waals surface area contributed by atoms with E-state index >= 15 is 0 Å². The molecule has 0 unspecified atom stereocenters. The first-order valence-corrected chi connectivity index (χ1v) is 7.93. The van der Waals surface area contributed by atoms with Crippen LogP contribution in [0.4, 0.5) is 0 Å². The second-order valence-corrected chi connectivity index (χ2v) is 6.00. The minimum absolute atomic E-state index is 0. The van der Waals surface area contributed by atoms with E-state index < -0.39 is 0 Å². The lowest BCUT2D eigenvalue weighted by molar-refractivity contribution is 0.0131. The molecule has 1 aromatic heterocycles. The van der Waals surface area contributed by atoms with Crippen molar-refractivity contribution in [3.05, 3.63) is 24.2 Å². The molecule has 2 aliphatic rings. The van der Waals surface area contributed by atoms with E-state index in [1.165, 1.54) is 12.8 Å². The van der Waals surface area contributed by atoms with Gasteiger partial charge in [0.15, 0.2) is 5.96 Å². The van der Waals surface area contributed by atoms with Crippen molar-refractivity contribution in [2.75, 3.05) is 26.7 Å². The minimum Gasteiger partial charge on any atom is -0.472 e. The molecule has 0 spiro atoms. The molecule has 1 aliphatic heterocycles. The van der Waals surface area contributed by atoms with Gasteiger partial charge in [0.2, 0.25) is 0 Å². The quantitative estimate of drug-likeness (QED) is 0.453. The third-order valence-corrected chi connectivity index (χ3v) is 4.25. The van der Waals surface area contributed by atoms with Crippen LogP contribution in [0.3, 0.4) is 0 Å². The summed E-state index contributed by atoms with van der Waals surface area (Å²) in [6.07, 6.45) is 8.82. The Balaban J connectivity index is 0.00000176. The molecule has 0 aromatic carbocycles. The van der Waals surface area contributed by atoms with Gasteiger partial charge in [-0.25, -0.2) is 0 Å². The van der Waals surface area contributed by atoms with E-state index in [9.17, 15) is 0 Å². The highest BCUT2D eigenvalue weighted by Crippen LogP contribution is 2.30. The molecule has 1 saturated heterocycles. The van der Waals surface area contributed by atoms with E-state index in [0.717, 1.165) is 56.5 Å². The summed E-state index contributed by atoms with van der Waals surface area (Å²) in [5, 5.41) is 3.39. The molecule has 0 radical (unpaired) electrons. The second kappa shape index (κ2) is 8.76. The molecule has 6 heteroatoms. The predicted octanol–water partition coefficient (Wildman–Crippen LogP) is 2.86. The molecule has 3 rings (SSSR count). The zero-order chi connectivity index (χ0) is 14.5. The summed E-state index contributed by atoms with van der Waals surface area (Å²) < 4.78 is 11.1. The molecule has 124 valence electrons. The first-order valence-electron chi connectivity index (χ1n) is 7.93. The normalized spacial score (nSPS) is 19.9. The molecule has 1 saturated carbocycles. The molecule has 2 heterocycles. The van der Waals surface area contributed by atoms with Crippen molar-refractivity contribution in [2.24, 2.45) is 10.9 Å². The number of nitrogens with zero attached hydrogens (tertiary/aromatic N) is 2. The van der Waals surface area contributed by atoms with E-state index in [-0.39, 0.29) is 24.0 Å². The van der Waals surface area contributed by atoms with Crippen molar-refractivity contribution < 1.29 is 9.15 Å². The third-order valence-electron chi connectivity index (χ3n) is 4.25. The van der Waals surface area contributed by atoms with Gasteiger partial charge in [-0.1, -0.05) is 0 Å². The Morgan fingerprint density at radius 2 is 2.14 bits per heavy atom. The second-order valence-electron chi connectivity index (χ2n) is 6.00. The Morgan fingerprint density at radius 3 is 2.73 bits per heavy atom. The zero-order valence-electron chi connectivity index (χ0n) is 13.2. The van der Waals surface area contributed by atoms with Crippen LogP contribution in [0.1, 0.15) is 31.2 Å². The Hall–Kier alpha value is -0.760. The van der Waals surface area contributed by atoms with Crippen molar-refractivity contribution in [3.8, 4) is 0 Å². The smallest absolute Gasteiger partial charge is 0.193 e. The number of guanidine groups is 1. The first-order chi connectivity index (χ1) is 10.3. The van der Waals surface area contributed by atoms with Gasteiger partial charge >= 0.3 is 0 Å². The monoisotopic (exact) mass is 419 g/mol. The van der Waals surface area contributed by atoms with Gasteiger partial charge in [-0.05, 0) is 37.7 Å². The average Bonchev–Trinajstić information content (AvgIpc) is 3.21. The fraction of sp³-hybridized carbons (Fsp3) is 0.688. The molecule has 1 aromatic rings. The summed E-state index contributed by atoms with van der Waals surface area (Å²) in [5.74, 6) is 1.82. The maximum absolute atomic E-state index is 5.99. The number of ether oxygens (including phenoxy) is 1. The van der Waals surface area contributed by atoms with Crippen LogP contribution < -0.4 is 5.32 Å². The summed E-state index contributed by atoms with van der Waals surface area (Å²) in [6.45, 7) is 3.75. The molecule has 0 atom stereocenters. The van der Waals surface area contributed by atoms with E-state index in [1.807, 2.05) is 13.1 Å². The van der Waals surface area contributed by atoms with Crippen LogP contribution in [0.5, 0.6) is 0 Å². The van der Waals surface area contributed by atoms with Gasteiger partial charge in [-0.2, -0.15) is 0 Å². The third kappa shape index (κ3) is 5.15. The van der Waals surface area contributed by atoms with Gasteiger partial charge in [0, 0.05) is 38.9 Å². The van der Waals surface area contributed by atoms with Gasteiger partial charge in [-0.3, -0.25) is 4.99 Å². The fourth-order valence-electron chi connectivity index (χ4n) is 2.70. The Bertz CT molecular complexity index is 452. The Labute approximate surface area is 149 Å². The van der Waals surface area contributed by atoms with Crippen LogP contribution in [0.15, 0.2) is 28.0 Å². The van der Waals surface area contributed by atoms with Crippen LogP contribution in [0.25, 0.3) is 0 Å². The maximum atomic E-state index is 5.99. The molecule has 22 heavy (non-hydrogen) atoms. The highest BCUT2D eigenvalue weighted by atomic mass is 127. The largest absolute Gasteiger partial charge is 0.472 e. The molecule has 1 aliphatic carbocycles. The molecule has 0 amide bonds. The number of rotatable bonds is 5. The van der Waals surface area contributed by atoms with E-state index in [1.54, 1.807) is 12.5 Å². The number of furan rings is 1. The number of halogens is 1. The van der Waals surface area contributed by atoms with Crippen molar-refractivity contribution in [1.29, 1.82) is 0 Å². The topological polar surface area (TPSA) is 50.0 Å². The number of nitrogens with one attached hydrogen (secondary N) is 1.